The van der Waals surface area contributed by atoms with E-state index in [4.69, 9.17) is 0 Å². The predicted molar refractivity (Wildman–Crippen MR) is 96.2 cm³/mol. The summed E-state index contributed by atoms with van der Waals surface area (Å²) in [6, 6.07) is 4.14. The number of benzene rings is 1. The Bertz CT molecular complexity index is 764. The van der Waals surface area contributed by atoms with E-state index < -0.39 is 11.7 Å². The van der Waals surface area contributed by atoms with Crippen molar-refractivity contribution in [2.24, 2.45) is 0 Å². The fraction of sp³-hybridized carbons (Fsp3) is 0.312. The van der Waals surface area contributed by atoms with Gasteiger partial charge >= 0.3 is 6.18 Å². The van der Waals surface area contributed by atoms with Crippen LogP contribution in [0.15, 0.2) is 30.6 Å². The highest BCUT2D eigenvalue weighted by Crippen LogP contribution is 2.37. The minimum Gasteiger partial charge on any atom is -0.267 e. The Morgan fingerprint density at radius 2 is 1.91 bits per heavy atom. The first-order valence-electron chi connectivity index (χ1n) is 6.68. The Hall–Kier alpha value is -1.14. The third-order valence-corrected chi connectivity index (χ3v) is 3.98. The van der Waals surface area contributed by atoms with Crippen molar-refractivity contribution >= 4 is 30.1 Å². The Morgan fingerprint density at radius 3 is 2.43 bits per heavy atom. The summed E-state index contributed by atoms with van der Waals surface area (Å²) in [6.07, 6.45) is -1.35. The zero-order valence-electron chi connectivity index (χ0n) is 12.7. The first-order chi connectivity index (χ1) is 10.6. The maximum Gasteiger partial charge on any atom is 0.417 e. The van der Waals surface area contributed by atoms with Crippen LogP contribution in [0.1, 0.15) is 31.9 Å². The van der Waals surface area contributed by atoms with Gasteiger partial charge in [0.1, 0.15) is 0 Å². The van der Waals surface area contributed by atoms with Gasteiger partial charge < -0.3 is 0 Å². The predicted octanol–water partition coefficient (Wildman–Crippen LogP) is 5.72. The molecule has 1 aromatic heterocycles. The van der Waals surface area contributed by atoms with Crippen molar-refractivity contribution in [1.29, 1.82) is 0 Å². The highest BCUT2D eigenvalue weighted by Gasteiger charge is 2.34. The summed E-state index contributed by atoms with van der Waals surface area (Å²) in [6.45, 7) is 5.82. The molecule has 0 radical (unpaired) electrons. The molecule has 0 saturated heterocycles. The summed E-state index contributed by atoms with van der Waals surface area (Å²) < 4.78 is 41.8. The van der Waals surface area contributed by atoms with Gasteiger partial charge in [-0.05, 0) is 52.7 Å². The Labute approximate surface area is 149 Å². The van der Waals surface area contributed by atoms with E-state index in [-0.39, 0.29) is 11.1 Å². The van der Waals surface area contributed by atoms with Crippen molar-refractivity contribution in [1.82, 2.24) is 9.78 Å². The second-order valence-electron chi connectivity index (χ2n) is 5.91. The second kappa shape index (κ2) is 6.77. The van der Waals surface area contributed by atoms with Crippen LogP contribution in [-0.2, 0) is 11.7 Å². The van der Waals surface area contributed by atoms with Gasteiger partial charge in [-0.15, -0.1) is 0 Å². The lowest BCUT2D eigenvalue weighted by Crippen LogP contribution is -2.21. The highest BCUT2D eigenvalue weighted by atomic mass is 127. The molecule has 0 aliphatic carbocycles. The number of aromatic nitrogens is 2. The van der Waals surface area contributed by atoms with E-state index in [0.717, 1.165) is 6.07 Å². The fourth-order valence-corrected chi connectivity index (χ4v) is 2.50. The van der Waals surface area contributed by atoms with E-state index in [1.165, 1.54) is 21.2 Å². The molecule has 0 N–H and O–H groups in total. The Balaban J connectivity index is 2.56. The summed E-state index contributed by atoms with van der Waals surface area (Å²) in [5.74, 6) is 2.70. The number of halogens is 4. The van der Waals surface area contributed by atoms with E-state index >= 15 is 0 Å². The van der Waals surface area contributed by atoms with Crippen molar-refractivity contribution in [2.75, 3.05) is 0 Å². The van der Waals surface area contributed by atoms with Crippen LogP contribution in [0.3, 0.4) is 0 Å². The average Bonchev–Trinajstić information content (AvgIpc) is 2.93. The molecule has 0 atom stereocenters. The molecule has 0 unspecified atom stereocenters. The van der Waals surface area contributed by atoms with Gasteiger partial charge in [-0.25, -0.2) is 0 Å². The van der Waals surface area contributed by atoms with Gasteiger partial charge in [0.2, 0.25) is 0 Å². The van der Waals surface area contributed by atoms with Gasteiger partial charge in [0.05, 0.1) is 17.3 Å². The van der Waals surface area contributed by atoms with Crippen molar-refractivity contribution in [3.63, 3.8) is 0 Å². The summed E-state index contributed by atoms with van der Waals surface area (Å²) >= 11 is 1.97. The molecule has 1 heterocycles. The average molecular weight is 450 g/mol. The van der Waals surface area contributed by atoms with E-state index in [1.807, 2.05) is 42.0 Å². The molecular weight excluding hydrogens is 436 g/mol. The van der Waals surface area contributed by atoms with Gasteiger partial charge in [0.15, 0.2) is 0 Å². The number of hydrogen-bond acceptors (Lipinski definition) is 2. The van der Waals surface area contributed by atoms with Gasteiger partial charge in [0.25, 0.3) is 0 Å². The molecule has 2 rings (SSSR count). The van der Waals surface area contributed by atoms with E-state index in [9.17, 15) is 13.2 Å². The van der Waals surface area contributed by atoms with Crippen molar-refractivity contribution in [3.05, 3.63) is 41.7 Å². The van der Waals surface area contributed by atoms with Crippen LogP contribution in [0.25, 0.3) is 11.1 Å². The van der Waals surface area contributed by atoms with Gasteiger partial charge in [-0.3, -0.25) is 4.68 Å². The van der Waals surface area contributed by atoms with Gasteiger partial charge in [0, 0.05) is 38.5 Å². The molecule has 1 aromatic carbocycles. The smallest absolute Gasteiger partial charge is 0.267 e. The first kappa shape index (κ1) is 18.2. The van der Waals surface area contributed by atoms with Crippen LogP contribution in [0.4, 0.5) is 13.2 Å². The molecule has 0 bridgehead atoms. The maximum atomic E-state index is 13.4. The highest BCUT2D eigenvalue weighted by molar-refractivity contribution is 14.2. The minimum absolute atomic E-state index is 0.112. The minimum atomic E-state index is -4.45. The lowest BCUT2D eigenvalue weighted by Gasteiger charge is -2.19. The zero-order valence-corrected chi connectivity index (χ0v) is 15.7. The number of hydrogen-bond donors (Lipinski definition) is 0. The molecule has 0 spiro atoms. The monoisotopic (exact) mass is 450 g/mol. The van der Waals surface area contributed by atoms with Gasteiger partial charge in [-0.1, -0.05) is 12.0 Å². The molecule has 122 valence electrons. The standard InChI is InChI=1S/C16H14F3IN2S/c1-15(2,3)22-10-12(9-21-22)13-5-4-11(6-7-23-20)8-14(13)16(17,18)19/h4-5,8-10H,1-3H3. The molecule has 0 aliphatic heterocycles. The molecular formula is C16H14F3IN2S. The maximum absolute atomic E-state index is 13.4. The molecule has 0 fully saturated rings. The van der Waals surface area contributed by atoms with Crippen LogP contribution in [0.2, 0.25) is 0 Å². The van der Waals surface area contributed by atoms with Crippen LogP contribution >= 0.6 is 30.1 Å². The second-order valence-corrected chi connectivity index (χ2v) is 7.59. The number of nitrogens with zero attached hydrogens (tertiary/aromatic N) is 2. The lowest BCUT2D eigenvalue weighted by molar-refractivity contribution is -0.137. The summed E-state index contributed by atoms with van der Waals surface area (Å²) in [7, 11) is 1.23. The SMILES string of the molecule is CC(C)(C)n1cc(-c2ccc(C#CSI)cc2C(F)(F)F)cn1. The third kappa shape index (κ3) is 4.44. The topological polar surface area (TPSA) is 17.8 Å². The van der Waals surface area contributed by atoms with E-state index in [1.54, 1.807) is 16.9 Å². The molecule has 7 heteroatoms. The lowest BCUT2D eigenvalue weighted by atomic mass is 9.99. The summed E-state index contributed by atoms with van der Waals surface area (Å²) in [5.41, 5.74) is -0.0973. The first-order valence-corrected chi connectivity index (χ1v) is 10.0. The number of rotatable bonds is 1. The fourth-order valence-electron chi connectivity index (χ4n) is 2.02. The van der Waals surface area contributed by atoms with Crippen LogP contribution in [0, 0.1) is 11.2 Å². The molecule has 0 aliphatic rings. The Kier molecular flexibility index (Phi) is 5.36. The van der Waals surface area contributed by atoms with Crippen LogP contribution in [-0.4, -0.2) is 9.78 Å². The summed E-state index contributed by atoms with van der Waals surface area (Å²) in [4.78, 5) is 0. The molecule has 23 heavy (non-hydrogen) atoms. The quantitative estimate of drug-likeness (QED) is 0.409. The van der Waals surface area contributed by atoms with Crippen molar-refractivity contribution in [3.8, 4) is 22.3 Å². The normalized spacial score (nSPS) is 12.0. The van der Waals surface area contributed by atoms with Crippen molar-refractivity contribution in [2.45, 2.75) is 32.5 Å². The van der Waals surface area contributed by atoms with E-state index in [0.29, 0.717) is 11.1 Å². The number of alkyl halides is 3. The van der Waals surface area contributed by atoms with Gasteiger partial charge in [-0.2, -0.15) is 18.3 Å². The zero-order chi connectivity index (χ0) is 17.3. The molecule has 0 amide bonds. The Morgan fingerprint density at radius 1 is 1.22 bits per heavy atom. The third-order valence-electron chi connectivity index (χ3n) is 3.14. The largest absolute Gasteiger partial charge is 0.417 e. The van der Waals surface area contributed by atoms with Crippen molar-refractivity contribution < 1.29 is 13.2 Å². The molecule has 2 nitrogen and oxygen atoms in total. The molecule has 2 aromatic rings. The molecule has 0 saturated carbocycles. The van der Waals surface area contributed by atoms with Crippen LogP contribution < -0.4 is 0 Å². The summed E-state index contributed by atoms with van der Waals surface area (Å²) in [5, 5.41) is 6.87. The van der Waals surface area contributed by atoms with Crippen LogP contribution in [0.5, 0.6) is 0 Å². The van der Waals surface area contributed by atoms with E-state index in [2.05, 4.69) is 16.3 Å².